The highest BCUT2D eigenvalue weighted by Gasteiger charge is 2.61. The number of fused-ring (bicyclic) bond motifs is 1. The second kappa shape index (κ2) is 4.61. The van der Waals surface area contributed by atoms with Crippen LogP contribution in [0.1, 0.15) is 37.8 Å². The molecule has 3 aliphatic rings. The van der Waals surface area contributed by atoms with Gasteiger partial charge in [-0.1, -0.05) is 26.0 Å². The summed E-state index contributed by atoms with van der Waals surface area (Å²) in [7, 11) is 4.33. The largest absolute Gasteiger partial charge is 0.482 e. The van der Waals surface area contributed by atoms with E-state index in [-0.39, 0.29) is 17.3 Å². The first-order valence-corrected chi connectivity index (χ1v) is 8.53. The smallest absolute Gasteiger partial charge is 0.173 e. The molecule has 22 heavy (non-hydrogen) atoms. The van der Waals surface area contributed by atoms with E-state index in [9.17, 15) is 4.79 Å². The van der Waals surface area contributed by atoms with E-state index < -0.39 is 0 Å². The number of rotatable bonds is 2. The van der Waals surface area contributed by atoms with Crippen LogP contribution in [0.25, 0.3) is 0 Å². The summed E-state index contributed by atoms with van der Waals surface area (Å²) in [6.07, 6.45) is 2.39. The van der Waals surface area contributed by atoms with E-state index in [1.165, 1.54) is 16.6 Å². The second-order valence-corrected chi connectivity index (χ2v) is 7.39. The van der Waals surface area contributed by atoms with Crippen LogP contribution in [0.5, 0.6) is 5.75 Å². The highest BCUT2D eigenvalue weighted by Crippen LogP contribution is 2.57. The predicted molar refractivity (Wildman–Crippen MR) is 89.9 cm³/mol. The number of ether oxygens (including phenoxy) is 1. The molecule has 0 aromatic heterocycles. The number of ketones is 1. The SMILES string of the molecule is Bc1ccc2c3c1O[C@@H](C(=O)CC)[C@]31CCN(C)[C@H](C2)[C@@H]1C. The van der Waals surface area contributed by atoms with Gasteiger partial charge in [-0.25, -0.2) is 0 Å². The maximum atomic E-state index is 12.7. The minimum Gasteiger partial charge on any atom is -0.482 e. The molecule has 4 rings (SSSR count). The molecule has 1 aromatic carbocycles. The molecule has 2 heterocycles. The molecule has 1 fully saturated rings. The zero-order valence-electron chi connectivity index (χ0n) is 14.0. The Labute approximate surface area is 133 Å². The van der Waals surface area contributed by atoms with Crippen LogP contribution in [0, 0.1) is 5.92 Å². The molecular weight excluding hydrogens is 273 g/mol. The van der Waals surface area contributed by atoms with Crippen molar-refractivity contribution < 1.29 is 9.53 Å². The van der Waals surface area contributed by atoms with E-state index in [1.54, 1.807) is 0 Å². The lowest BCUT2D eigenvalue weighted by molar-refractivity contribution is -0.131. The van der Waals surface area contributed by atoms with Crippen LogP contribution in [0.3, 0.4) is 0 Å². The van der Waals surface area contributed by atoms with Crippen molar-refractivity contribution in [2.45, 2.75) is 50.7 Å². The van der Waals surface area contributed by atoms with Gasteiger partial charge in [0, 0.05) is 23.4 Å². The Hall–Kier alpha value is -1.29. The van der Waals surface area contributed by atoms with E-state index in [1.807, 2.05) is 6.92 Å². The summed E-state index contributed by atoms with van der Waals surface area (Å²) in [5, 5.41) is 0. The summed E-state index contributed by atoms with van der Waals surface area (Å²) in [4.78, 5) is 15.2. The van der Waals surface area contributed by atoms with Crippen molar-refractivity contribution in [2.24, 2.45) is 5.92 Å². The zero-order valence-corrected chi connectivity index (χ0v) is 14.0. The van der Waals surface area contributed by atoms with Crippen molar-refractivity contribution in [1.82, 2.24) is 4.90 Å². The number of nitrogens with zero attached hydrogens (tertiary/aromatic N) is 1. The molecule has 2 bridgehead atoms. The molecule has 4 heteroatoms. The average molecular weight is 297 g/mol. The molecule has 1 aliphatic carbocycles. The van der Waals surface area contributed by atoms with E-state index in [4.69, 9.17) is 4.74 Å². The summed E-state index contributed by atoms with van der Waals surface area (Å²) in [6, 6.07) is 4.95. The number of Topliss-reactive ketones (excluding diaryl/α,β-unsaturated/α-hetero) is 1. The summed E-state index contributed by atoms with van der Waals surface area (Å²) in [5.41, 5.74) is 3.85. The lowest BCUT2D eigenvalue weighted by Gasteiger charge is -2.54. The van der Waals surface area contributed by atoms with Crippen molar-refractivity contribution >= 4 is 19.1 Å². The number of likely N-dealkylation sites (N-methyl/N-ethyl adjacent to an activating group) is 1. The van der Waals surface area contributed by atoms with Gasteiger partial charge in [-0.05, 0) is 43.4 Å². The Balaban J connectivity index is 1.98. The van der Waals surface area contributed by atoms with Crippen molar-refractivity contribution in [3.63, 3.8) is 0 Å². The average Bonchev–Trinajstić information content (AvgIpc) is 2.86. The number of hydrogen-bond acceptors (Lipinski definition) is 3. The van der Waals surface area contributed by atoms with Gasteiger partial charge in [-0.3, -0.25) is 4.79 Å². The molecule has 4 atom stereocenters. The van der Waals surface area contributed by atoms with E-state index in [0.29, 0.717) is 18.4 Å². The Bertz CT molecular complexity index is 659. The predicted octanol–water partition coefficient (Wildman–Crippen LogP) is 0.819. The molecular formula is C18H24BNO2. The van der Waals surface area contributed by atoms with Gasteiger partial charge in [0.2, 0.25) is 0 Å². The zero-order chi connectivity index (χ0) is 15.6. The third kappa shape index (κ3) is 1.54. The highest BCUT2D eigenvalue weighted by molar-refractivity contribution is 6.34. The highest BCUT2D eigenvalue weighted by atomic mass is 16.5. The molecule has 1 saturated heterocycles. The number of carbonyl (C=O) groups excluding carboxylic acids is 1. The van der Waals surface area contributed by atoms with Crippen LogP contribution in [0.4, 0.5) is 0 Å². The van der Waals surface area contributed by atoms with Crippen molar-refractivity contribution in [3.8, 4) is 5.75 Å². The topological polar surface area (TPSA) is 29.5 Å². The van der Waals surface area contributed by atoms with E-state index in [2.05, 4.69) is 38.9 Å². The molecule has 0 radical (unpaired) electrons. The van der Waals surface area contributed by atoms with Gasteiger partial charge >= 0.3 is 0 Å². The quantitative estimate of drug-likeness (QED) is 0.757. The Kier molecular flexibility index (Phi) is 3.00. The molecule has 0 amide bonds. The normalized spacial score (nSPS) is 35.9. The van der Waals surface area contributed by atoms with Crippen LogP contribution in [0.15, 0.2) is 12.1 Å². The molecule has 0 N–H and O–H groups in total. The van der Waals surface area contributed by atoms with Gasteiger partial charge in [-0.2, -0.15) is 0 Å². The van der Waals surface area contributed by atoms with E-state index >= 15 is 0 Å². The molecule has 0 unspecified atom stereocenters. The van der Waals surface area contributed by atoms with Crippen molar-refractivity contribution in [2.75, 3.05) is 13.6 Å². The Morgan fingerprint density at radius 2 is 2.27 bits per heavy atom. The van der Waals surface area contributed by atoms with Crippen molar-refractivity contribution in [1.29, 1.82) is 0 Å². The summed E-state index contributed by atoms with van der Waals surface area (Å²) < 4.78 is 6.33. The first-order valence-electron chi connectivity index (χ1n) is 8.53. The molecule has 1 spiro atoms. The molecule has 0 saturated carbocycles. The van der Waals surface area contributed by atoms with Gasteiger partial charge in [0.05, 0.1) is 0 Å². The first-order chi connectivity index (χ1) is 10.5. The third-order valence-corrected chi connectivity index (χ3v) is 6.51. The van der Waals surface area contributed by atoms with Gasteiger partial charge in [0.25, 0.3) is 0 Å². The van der Waals surface area contributed by atoms with Gasteiger partial charge in [-0.15, -0.1) is 0 Å². The lowest BCUT2D eigenvalue weighted by atomic mass is 9.55. The fraction of sp³-hybridized carbons (Fsp3) is 0.611. The number of hydrogen-bond donors (Lipinski definition) is 0. The van der Waals surface area contributed by atoms with E-state index in [0.717, 1.165) is 25.1 Å². The van der Waals surface area contributed by atoms with Crippen LogP contribution >= 0.6 is 0 Å². The molecule has 1 aromatic rings. The van der Waals surface area contributed by atoms with Crippen molar-refractivity contribution in [3.05, 3.63) is 23.3 Å². The number of piperidine rings is 1. The third-order valence-electron chi connectivity index (χ3n) is 6.51. The second-order valence-electron chi connectivity index (χ2n) is 7.39. The lowest BCUT2D eigenvalue weighted by Crippen LogP contribution is -2.62. The fourth-order valence-corrected chi connectivity index (χ4v) is 5.21. The van der Waals surface area contributed by atoms with Crippen LogP contribution < -0.4 is 10.2 Å². The number of benzene rings is 1. The van der Waals surface area contributed by atoms with Crippen LogP contribution in [-0.4, -0.2) is 44.3 Å². The summed E-state index contributed by atoms with van der Waals surface area (Å²) in [5.74, 6) is 1.74. The minimum absolute atomic E-state index is 0.0980. The monoisotopic (exact) mass is 297 g/mol. The molecule has 3 nitrogen and oxygen atoms in total. The first kappa shape index (κ1) is 14.3. The number of carbonyl (C=O) groups is 1. The Morgan fingerprint density at radius 1 is 1.50 bits per heavy atom. The standard InChI is InChI=1S/C18H24BNO2/c1-4-14(21)17-18-7-8-20(3)13(10(18)2)9-11-5-6-12(19)16(22-17)15(11)18/h5-6,10,13,17H,4,7-9,19H2,1-3H3/t10-,13+,17-,18-/m0/s1. The Morgan fingerprint density at radius 3 is 3.00 bits per heavy atom. The van der Waals surface area contributed by atoms with Gasteiger partial charge in [0.1, 0.15) is 13.6 Å². The molecule has 116 valence electrons. The minimum atomic E-state index is -0.279. The summed E-state index contributed by atoms with van der Waals surface area (Å²) >= 11 is 0. The number of likely N-dealkylation sites (tertiary alicyclic amines) is 1. The molecule has 2 aliphatic heterocycles. The van der Waals surface area contributed by atoms with Gasteiger partial charge in [0.15, 0.2) is 11.9 Å². The fourth-order valence-electron chi connectivity index (χ4n) is 5.21. The maximum absolute atomic E-state index is 12.7. The van der Waals surface area contributed by atoms with Crippen LogP contribution in [0.2, 0.25) is 0 Å². The summed E-state index contributed by atoms with van der Waals surface area (Å²) in [6.45, 7) is 5.34. The van der Waals surface area contributed by atoms with Gasteiger partial charge < -0.3 is 9.64 Å². The van der Waals surface area contributed by atoms with Crippen LogP contribution in [-0.2, 0) is 16.6 Å². The maximum Gasteiger partial charge on any atom is 0.173 e.